The molecule has 4 nitrogen and oxygen atoms in total. The second-order valence-electron chi connectivity index (χ2n) is 4.74. The van der Waals surface area contributed by atoms with Gasteiger partial charge in [-0.25, -0.2) is 4.98 Å². The summed E-state index contributed by atoms with van der Waals surface area (Å²) in [6, 6.07) is 2.15. The molecule has 0 amide bonds. The van der Waals surface area contributed by atoms with Gasteiger partial charge in [-0.3, -0.25) is 0 Å². The number of ether oxygens (including phenoxy) is 1. The van der Waals surface area contributed by atoms with Gasteiger partial charge >= 0.3 is 0 Å². The Balaban J connectivity index is 3.06. The molecular formula is C15H27N3O. The Morgan fingerprint density at radius 1 is 1.32 bits per heavy atom. The maximum absolute atomic E-state index is 5.19. The van der Waals surface area contributed by atoms with E-state index >= 15 is 0 Å². The molecule has 0 aliphatic rings. The molecule has 0 aliphatic carbocycles. The Hall–Kier alpha value is -1.13. The first-order valence-corrected chi connectivity index (χ1v) is 7.05. The lowest BCUT2D eigenvalue weighted by molar-refractivity contribution is 0.205. The van der Waals surface area contributed by atoms with Crippen LogP contribution in [0.25, 0.3) is 0 Å². The largest absolute Gasteiger partial charge is 0.383 e. The van der Waals surface area contributed by atoms with Crippen LogP contribution in [0.2, 0.25) is 0 Å². The summed E-state index contributed by atoms with van der Waals surface area (Å²) in [7, 11) is 1.74. The normalized spacial score (nSPS) is 10.8. The average molecular weight is 265 g/mol. The van der Waals surface area contributed by atoms with Crippen molar-refractivity contribution >= 4 is 5.82 Å². The average Bonchev–Trinajstić information content (AvgIpc) is 2.38. The minimum absolute atomic E-state index is 0.725. The second kappa shape index (κ2) is 8.12. The van der Waals surface area contributed by atoms with Gasteiger partial charge in [0.25, 0.3) is 0 Å². The molecular weight excluding hydrogens is 238 g/mol. The summed E-state index contributed by atoms with van der Waals surface area (Å²) >= 11 is 0. The predicted octanol–water partition coefficient (Wildman–Crippen LogP) is 2.28. The smallest absolute Gasteiger partial charge is 0.133 e. The van der Waals surface area contributed by atoms with Crippen molar-refractivity contribution in [3.05, 3.63) is 22.9 Å². The van der Waals surface area contributed by atoms with Crippen molar-refractivity contribution in [2.24, 2.45) is 0 Å². The van der Waals surface area contributed by atoms with E-state index in [1.807, 2.05) is 0 Å². The van der Waals surface area contributed by atoms with E-state index < -0.39 is 0 Å². The lowest BCUT2D eigenvalue weighted by Gasteiger charge is -2.26. The van der Waals surface area contributed by atoms with Gasteiger partial charge < -0.3 is 15.0 Å². The maximum atomic E-state index is 5.19. The summed E-state index contributed by atoms with van der Waals surface area (Å²) in [6.07, 6.45) is 0. The van der Waals surface area contributed by atoms with E-state index in [0.717, 1.165) is 44.3 Å². The fourth-order valence-corrected chi connectivity index (χ4v) is 2.19. The number of aromatic nitrogens is 1. The van der Waals surface area contributed by atoms with Crippen LogP contribution in [-0.2, 0) is 11.3 Å². The number of hydrogen-bond acceptors (Lipinski definition) is 4. The molecule has 1 rings (SSSR count). The fourth-order valence-electron chi connectivity index (χ4n) is 2.19. The van der Waals surface area contributed by atoms with Gasteiger partial charge in [-0.05, 0) is 38.9 Å². The summed E-state index contributed by atoms with van der Waals surface area (Å²) in [5.41, 5.74) is 3.67. The van der Waals surface area contributed by atoms with E-state index in [1.54, 1.807) is 7.11 Å². The molecule has 1 aromatic rings. The van der Waals surface area contributed by atoms with Gasteiger partial charge in [0.05, 0.1) is 6.61 Å². The van der Waals surface area contributed by atoms with Crippen LogP contribution in [0, 0.1) is 13.8 Å². The Kier molecular flexibility index (Phi) is 6.81. The molecule has 0 bridgehead atoms. The molecule has 1 aromatic heterocycles. The molecule has 1 N–H and O–H groups in total. The van der Waals surface area contributed by atoms with Crippen LogP contribution in [0.3, 0.4) is 0 Å². The highest BCUT2D eigenvalue weighted by molar-refractivity contribution is 5.51. The summed E-state index contributed by atoms with van der Waals surface area (Å²) in [4.78, 5) is 7.03. The molecule has 0 fully saturated rings. The molecule has 0 aliphatic heterocycles. The first kappa shape index (κ1) is 15.9. The number of anilines is 1. The SMILES string of the molecule is CCNCc1c(C)cc(C)nc1N(CC)CCOC. The van der Waals surface area contributed by atoms with Gasteiger partial charge in [-0.15, -0.1) is 0 Å². The predicted molar refractivity (Wildman–Crippen MR) is 80.9 cm³/mol. The van der Waals surface area contributed by atoms with Gasteiger partial charge in [-0.1, -0.05) is 6.92 Å². The molecule has 0 spiro atoms. The van der Waals surface area contributed by atoms with Crippen molar-refractivity contribution in [1.82, 2.24) is 10.3 Å². The Morgan fingerprint density at radius 2 is 2.05 bits per heavy atom. The lowest BCUT2D eigenvalue weighted by atomic mass is 10.1. The lowest BCUT2D eigenvalue weighted by Crippen LogP contribution is -2.30. The van der Waals surface area contributed by atoms with Gasteiger partial charge in [0.2, 0.25) is 0 Å². The van der Waals surface area contributed by atoms with Crippen LogP contribution in [0.15, 0.2) is 6.07 Å². The number of pyridine rings is 1. The fraction of sp³-hybridized carbons (Fsp3) is 0.667. The highest BCUT2D eigenvalue weighted by Gasteiger charge is 2.14. The summed E-state index contributed by atoms with van der Waals surface area (Å²) in [5.74, 6) is 1.10. The molecule has 19 heavy (non-hydrogen) atoms. The molecule has 0 radical (unpaired) electrons. The van der Waals surface area contributed by atoms with Crippen LogP contribution in [0.1, 0.15) is 30.7 Å². The van der Waals surface area contributed by atoms with Crippen molar-refractivity contribution in [2.45, 2.75) is 34.2 Å². The van der Waals surface area contributed by atoms with E-state index in [1.165, 1.54) is 11.1 Å². The highest BCUT2D eigenvalue weighted by Crippen LogP contribution is 2.22. The number of nitrogens with one attached hydrogen (secondary N) is 1. The van der Waals surface area contributed by atoms with Crippen molar-refractivity contribution in [3.63, 3.8) is 0 Å². The Morgan fingerprint density at radius 3 is 2.63 bits per heavy atom. The zero-order chi connectivity index (χ0) is 14.3. The van der Waals surface area contributed by atoms with Gasteiger partial charge in [0.15, 0.2) is 0 Å². The van der Waals surface area contributed by atoms with E-state index in [9.17, 15) is 0 Å². The minimum atomic E-state index is 0.725. The van der Waals surface area contributed by atoms with Gasteiger partial charge in [0.1, 0.15) is 5.82 Å². The molecule has 0 aromatic carbocycles. The van der Waals surface area contributed by atoms with Crippen molar-refractivity contribution in [3.8, 4) is 0 Å². The van der Waals surface area contributed by atoms with Crippen molar-refractivity contribution in [1.29, 1.82) is 0 Å². The number of nitrogens with zero attached hydrogens (tertiary/aromatic N) is 2. The third-order valence-electron chi connectivity index (χ3n) is 3.25. The van der Waals surface area contributed by atoms with Crippen LogP contribution >= 0.6 is 0 Å². The van der Waals surface area contributed by atoms with Crippen LogP contribution in [0.5, 0.6) is 0 Å². The Bertz CT molecular complexity index is 393. The zero-order valence-electron chi connectivity index (χ0n) is 12.9. The second-order valence-corrected chi connectivity index (χ2v) is 4.74. The monoisotopic (exact) mass is 265 g/mol. The van der Waals surface area contributed by atoms with E-state index in [2.05, 4.69) is 44.0 Å². The van der Waals surface area contributed by atoms with Crippen molar-refractivity contribution in [2.75, 3.05) is 38.3 Å². The summed E-state index contributed by atoms with van der Waals surface area (Å²) in [6.45, 7) is 12.9. The van der Waals surface area contributed by atoms with Crippen LogP contribution < -0.4 is 10.2 Å². The third-order valence-corrected chi connectivity index (χ3v) is 3.25. The number of hydrogen-bond donors (Lipinski definition) is 1. The highest BCUT2D eigenvalue weighted by atomic mass is 16.5. The quantitative estimate of drug-likeness (QED) is 0.782. The molecule has 108 valence electrons. The Labute approximate surface area is 117 Å². The maximum Gasteiger partial charge on any atom is 0.133 e. The first-order chi connectivity index (χ1) is 9.13. The van der Waals surface area contributed by atoms with E-state index in [4.69, 9.17) is 9.72 Å². The molecule has 1 heterocycles. The summed E-state index contributed by atoms with van der Waals surface area (Å²) in [5, 5.41) is 3.40. The first-order valence-electron chi connectivity index (χ1n) is 7.05. The van der Waals surface area contributed by atoms with Gasteiger partial charge in [-0.2, -0.15) is 0 Å². The van der Waals surface area contributed by atoms with Crippen molar-refractivity contribution < 1.29 is 4.74 Å². The summed E-state index contributed by atoms with van der Waals surface area (Å²) < 4.78 is 5.19. The molecule has 0 saturated carbocycles. The van der Waals surface area contributed by atoms with E-state index in [-0.39, 0.29) is 0 Å². The number of likely N-dealkylation sites (N-methyl/N-ethyl adjacent to an activating group) is 1. The van der Waals surface area contributed by atoms with Crippen LogP contribution in [-0.4, -0.2) is 38.3 Å². The van der Waals surface area contributed by atoms with E-state index in [0.29, 0.717) is 0 Å². The minimum Gasteiger partial charge on any atom is -0.383 e. The van der Waals surface area contributed by atoms with Crippen LogP contribution in [0.4, 0.5) is 5.82 Å². The molecule has 4 heteroatoms. The topological polar surface area (TPSA) is 37.4 Å². The zero-order valence-corrected chi connectivity index (χ0v) is 12.9. The molecule has 0 saturated heterocycles. The standard InChI is InChI=1S/C15H27N3O/c1-6-16-11-14-12(3)10-13(4)17-15(14)18(7-2)8-9-19-5/h10,16H,6-9,11H2,1-5H3. The molecule has 0 unspecified atom stereocenters. The van der Waals surface area contributed by atoms with Gasteiger partial charge in [0, 0.05) is 38.0 Å². The molecule has 0 atom stereocenters. The number of methoxy groups -OCH3 is 1. The number of aryl methyl sites for hydroxylation is 2. The number of rotatable bonds is 8. The third kappa shape index (κ3) is 4.48.